The highest BCUT2D eigenvalue weighted by molar-refractivity contribution is 5.39. The van der Waals surface area contributed by atoms with Crippen LogP contribution in [0.1, 0.15) is 37.8 Å². The molecule has 0 saturated heterocycles. The first-order valence-electron chi connectivity index (χ1n) is 6.15. The minimum atomic E-state index is 0.360. The number of nitrogens with one attached hydrogen (secondary N) is 1. The molecule has 1 N–H and O–H groups in total. The van der Waals surface area contributed by atoms with Crippen LogP contribution >= 0.6 is 0 Å². The molecule has 3 nitrogen and oxygen atoms in total. The van der Waals surface area contributed by atoms with Crippen molar-refractivity contribution in [3.8, 4) is 11.5 Å². The van der Waals surface area contributed by atoms with Crippen molar-refractivity contribution in [3.63, 3.8) is 0 Å². The van der Waals surface area contributed by atoms with E-state index in [9.17, 15) is 0 Å². The van der Waals surface area contributed by atoms with E-state index in [4.69, 9.17) is 9.47 Å². The van der Waals surface area contributed by atoms with Gasteiger partial charge in [0.25, 0.3) is 0 Å². The van der Waals surface area contributed by atoms with E-state index in [1.54, 1.807) is 14.2 Å². The lowest BCUT2D eigenvalue weighted by Crippen LogP contribution is -2.16. The minimum Gasteiger partial charge on any atom is -0.497 e. The predicted molar refractivity (Wildman–Crippen MR) is 70.9 cm³/mol. The van der Waals surface area contributed by atoms with Gasteiger partial charge >= 0.3 is 0 Å². The van der Waals surface area contributed by atoms with Gasteiger partial charge in [-0.3, -0.25) is 0 Å². The number of ether oxygens (including phenoxy) is 2. The predicted octanol–water partition coefficient (Wildman–Crippen LogP) is 3.15. The molecule has 0 aliphatic rings. The lowest BCUT2D eigenvalue weighted by molar-refractivity contribution is 0.391. The van der Waals surface area contributed by atoms with E-state index in [-0.39, 0.29) is 0 Å². The average Bonchev–Trinajstić information content (AvgIpc) is 2.39. The quantitative estimate of drug-likeness (QED) is 0.790. The van der Waals surface area contributed by atoms with E-state index in [0.29, 0.717) is 6.04 Å². The zero-order valence-corrected chi connectivity index (χ0v) is 11.2. The van der Waals surface area contributed by atoms with E-state index in [1.165, 1.54) is 18.4 Å². The van der Waals surface area contributed by atoms with Crippen LogP contribution in [0, 0.1) is 0 Å². The third kappa shape index (κ3) is 3.93. The maximum atomic E-state index is 5.29. The molecular formula is C14H23NO2. The summed E-state index contributed by atoms with van der Waals surface area (Å²) in [6.45, 7) is 2.21. The van der Waals surface area contributed by atoms with Crippen molar-refractivity contribution in [2.45, 2.75) is 32.2 Å². The largest absolute Gasteiger partial charge is 0.497 e. The Morgan fingerprint density at radius 2 is 1.71 bits per heavy atom. The molecule has 0 heterocycles. The normalized spacial score (nSPS) is 12.2. The molecule has 0 amide bonds. The summed E-state index contributed by atoms with van der Waals surface area (Å²) in [5, 5.41) is 3.34. The van der Waals surface area contributed by atoms with Crippen LogP contribution in [0.2, 0.25) is 0 Å². The zero-order valence-electron chi connectivity index (χ0n) is 11.2. The van der Waals surface area contributed by atoms with Gasteiger partial charge in [0.15, 0.2) is 0 Å². The molecule has 0 saturated carbocycles. The van der Waals surface area contributed by atoms with E-state index in [0.717, 1.165) is 17.9 Å². The summed E-state index contributed by atoms with van der Waals surface area (Å²) < 4.78 is 10.6. The van der Waals surface area contributed by atoms with Gasteiger partial charge in [-0.05, 0) is 31.2 Å². The Kier molecular flexibility index (Phi) is 5.84. The second-order valence-corrected chi connectivity index (χ2v) is 4.13. The van der Waals surface area contributed by atoms with Gasteiger partial charge in [0, 0.05) is 12.1 Å². The molecule has 1 aromatic carbocycles. The van der Waals surface area contributed by atoms with Gasteiger partial charge in [-0.25, -0.2) is 0 Å². The molecule has 1 atom stereocenters. The van der Waals surface area contributed by atoms with Crippen LogP contribution in [0.15, 0.2) is 18.2 Å². The molecule has 0 fully saturated rings. The Hall–Kier alpha value is -1.22. The molecule has 0 bridgehead atoms. The van der Waals surface area contributed by atoms with Crippen molar-refractivity contribution >= 4 is 0 Å². The van der Waals surface area contributed by atoms with Crippen molar-refractivity contribution < 1.29 is 9.47 Å². The molecular weight excluding hydrogens is 214 g/mol. The summed E-state index contributed by atoms with van der Waals surface area (Å²) in [7, 11) is 5.35. The Morgan fingerprint density at radius 3 is 2.12 bits per heavy atom. The highest BCUT2D eigenvalue weighted by Crippen LogP contribution is 2.28. The van der Waals surface area contributed by atoms with Crippen molar-refractivity contribution in [1.29, 1.82) is 0 Å². The van der Waals surface area contributed by atoms with Gasteiger partial charge in [0.05, 0.1) is 14.2 Å². The SMILES string of the molecule is CCCCC(NC)c1cc(OC)cc(OC)c1. The third-order valence-electron chi connectivity index (χ3n) is 2.97. The second kappa shape index (κ2) is 7.17. The van der Waals surface area contributed by atoms with Gasteiger partial charge in [-0.2, -0.15) is 0 Å². The molecule has 0 radical (unpaired) electrons. The summed E-state index contributed by atoms with van der Waals surface area (Å²) in [6, 6.07) is 6.40. The van der Waals surface area contributed by atoms with Gasteiger partial charge < -0.3 is 14.8 Å². The molecule has 96 valence electrons. The average molecular weight is 237 g/mol. The summed E-state index contributed by atoms with van der Waals surface area (Å²) in [6.07, 6.45) is 3.55. The van der Waals surface area contributed by atoms with Crippen LogP contribution < -0.4 is 14.8 Å². The third-order valence-corrected chi connectivity index (χ3v) is 2.97. The molecule has 0 aromatic heterocycles. The summed E-state index contributed by atoms with van der Waals surface area (Å²) >= 11 is 0. The lowest BCUT2D eigenvalue weighted by atomic mass is 10.0. The Bertz CT molecular complexity index is 317. The van der Waals surface area contributed by atoms with E-state index >= 15 is 0 Å². The molecule has 0 aliphatic heterocycles. The number of unbranched alkanes of at least 4 members (excludes halogenated alkanes) is 1. The zero-order chi connectivity index (χ0) is 12.7. The van der Waals surface area contributed by atoms with Gasteiger partial charge in [-0.1, -0.05) is 19.8 Å². The van der Waals surface area contributed by atoms with Crippen LogP contribution in [0.4, 0.5) is 0 Å². The Labute approximate surface area is 104 Å². The summed E-state index contributed by atoms with van der Waals surface area (Å²) in [5.41, 5.74) is 1.22. The fourth-order valence-electron chi connectivity index (χ4n) is 1.92. The van der Waals surface area contributed by atoms with Crippen LogP contribution in [-0.2, 0) is 0 Å². The van der Waals surface area contributed by atoms with Crippen molar-refractivity contribution in [2.24, 2.45) is 0 Å². The van der Waals surface area contributed by atoms with Crippen LogP contribution in [-0.4, -0.2) is 21.3 Å². The van der Waals surface area contributed by atoms with Gasteiger partial charge in [-0.15, -0.1) is 0 Å². The number of hydrogen-bond donors (Lipinski definition) is 1. The van der Waals surface area contributed by atoms with Crippen molar-refractivity contribution in [2.75, 3.05) is 21.3 Å². The molecule has 1 rings (SSSR count). The fraction of sp³-hybridized carbons (Fsp3) is 0.571. The van der Waals surface area contributed by atoms with E-state index in [2.05, 4.69) is 24.4 Å². The minimum absolute atomic E-state index is 0.360. The Balaban J connectivity index is 2.92. The van der Waals surface area contributed by atoms with E-state index in [1.807, 2.05) is 13.1 Å². The van der Waals surface area contributed by atoms with Crippen molar-refractivity contribution in [1.82, 2.24) is 5.32 Å². The first kappa shape index (κ1) is 13.8. The molecule has 1 aromatic rings. The molecule has 0 aliphatic carbocycles. The van der Waals surface area contributed by atoms with Gasteiger partial charge in [0.1, 0.15) is 11.5 Å². The smallest absolute Gasteiger partial charge is 0.122 e. The highest BCUT2D eigenvalue weighted by atomic mass is 16.5. The number of hydrogen-bond acceptors (Lipinski definition) is 3. The Morgan fingerprint density at radius 1 is 1.12 bits per heavy atom. The maximum Gasteiger partial charge on any atom is 0.122 e. The van der Waals surface area contributed by atoms with Crippen LogP contribution in [0.3, 0.4) is 0 Å². The second-order valence-electron chi connectivity index (χ2n) is 4.13. The van der Waals surface area contributed by atoms with Crippen LogP contribution in [0.25, 0.3) is 0 Å². The topological polar surface area (TPSA) is 30.5 Å². The monoisotopic (exact) mass is 237 g/mol. The molecule has 1 unspecified atom stereocenters. The van der Waals surface area contributed by atoms with Gasteiger partial charge in [0.2, 0.25) is 0 Å². The van der Waals surface area contributed by atoms with Crippen molar-refractivity contribution in [3.05, 3.63) is 23.8 Å². The lowest BCUT2D eigenvalue weighted by Gasteiger charge is -2.18. The first-order valence-corrected chi connectivity index (χ1v) is 6.15. The first-order chi connectivity index (χ1) is 8.24. The van der Waals surface area contributed by atoms with E-state index < -0.39 is 0 Å². The standard InChI is InChI=1S/C14H23NO2/c1-5-6-7-14(15-2)11-8-12(16-3)10-13(9-11)17-4/h8-10,14-15H,5-7H2,1-4H3. The summed E-state index contributed by atoms with van der Waals surface area (Å²) in [4.78, 5) is 0. The number of methoxy groups -OCH3 is 2. The van der Waals surface area contributed by atoms with Crippen LogP contribution in [0.5, 0.6) is 11.5 Å². The molecule has 3 heteroatoms. The fourth-order valence-corrected chi connectivity index (χ4v) is 1.92. The summed E-state index contributed by atoms with van der Waals surface area (Å²) in [5.74, 6) is 1.69. The number of benzene rings is 1. The molecule has 0 spiro atoms. The maximum absolute atomic E-state index is 5.29. The molecule has 17 heavy (non-hydrogen) atoms. The highest BCUT2D eigenvalue weighted by Gasteiger charge is 2.11. The number of rotatable bonds is 7.